The minimum atomic E-state index is -0.418. The summed E-state index contributed by atoms with van der Waals surface area (Å²) in [6, 6.07) is 5.40. The zero-order chi connectivity index (χ0) is 12.4. The summed E-state index contributed by atoms with van der Waals surface area (Å²) in [6.07, 6.45) is 0. The van der Waals surface area contributed by atoms with Crippen molar-refractivity contribution >= 4 is 17.2 Å². The number of thiophene rings is 1. The average Bonchev–Trinajstić information content (AvgIpc) is 2.79. The first-order chi connectivity index (χ1) is 8.08. The predicted molar refractivity (Wildman–Crippen MR) is 68.7 cm³/mol. The Bertz CT molecular complexity index is 581. The van der Waals surface area contributed by atoms with Crippen molar-refractivity contribution in [1.29, 1.82) is 0 Å². The Morgan fingerprint density at radius 3 is 2.82 bits per heavy atom. The van der Waals surface area contributed by atoms with Crippen LogP contribution in [0.15, 0.2) is 33.2 Å². The van der Waals surface area contributed by atoms with E-state index < -0.39 is 5.69 Å². The molecule has 0 unspecified atom stereocenters. The first kappa shape index (κ1) is 11.7. The van der Waals surface area contributed by atoms with E-state index in [0.29, 0.717) is 5.82 Å². The largest absolute Gasteiger partial charge is 0.364 e. The molecular weight excluding hydrogens is 238 g/mol. The van der Waals surface area contributed by atoms with E-state index in [1.165, 1.54) is 13.1 Å². The number of nitrogens with one attached hydrogen (secondary N) is 2. The number of nitrogens with zero attached hydrogens (tertiary/aromatic N) is 1. The molecule has 0 aliphatic carbocycles. The van der Waals surface area contributed by atoms with Crippen LogP contribution in [0.2, 0.25) is 0 Å². The summed E-state index contributed by atoms with van der Waals surface area (Å²) in [7, 11) is 1.44. The van der Waals surface area contributed by atoms with Gasteiger partial charge < -0.3 is 5.32 Å². The van der Waals surface area contributed by atoms with Gasteiger partial charge in [0.05, 0.1) is 6.04 Å². The van der Waals surface area contributed by atoms with Gasteiger partial charge in [-0.25, -0.2) is 4.79 Å². The van der Waals surface area contributed by atoms with Crippen LogP contribution in [-0.4, -0.2) is 9.55 Å². The van der Waals surface area contributed by atoms with Crippen LogP contribution in [0.5, 0.6) is 0 Å². The number of aromatic amines is 1. The smallest absolute Gasteiger partial charge is 0.329 e. The molecule has 0 saturated heterocycles. The monoisotopic (exact) mass is 251 g/mol. The highest BCUT2D eigenvalue weighted by Gasteiger charge is 2.07. The maximum absolute atomic E-state index is 11.4. The summed E-state index contributed by atoms with van der Waals surface area (Å²) < 4.78 is 1.03. The van der Waals surface area contributed by atoms with Gasteiger partial charge in [-0.3, -0.25) is 14.3 Å². The number of hydrogen-bond donors (Lipinski definition) is 2. The Balaban J connectivity index is 2.25. The van der Waals surface area contributed by atoms with E-state index in [2.05, 4.69) is 10.3 Å². The van der Waals surface area contributed by atoms with Crippen LogP contribution >= 0.6 is 11.3 Å². The second-order valence-electron chi connectivity index (χ2n) is 3.77. The SMILES string of the molecule is C[C@H](Nc1cc(=O)n(C)c(=O)[nH]1)c1cccs1. The van der Waals surface area contributed by atoms with Crippen LogP contribution in [0.1, 0.15) is 17.8 Å². The van der Waals surface area contributed by atoms with E-state index in [4.69, 9.17) is 0 Å². The molecule has 0 aliphatic heterocycles. The van der Waals surface area contributed by atoms with E-state index in [1.807, 2.05) is 24.4 Å². The molecule has 17 heavy (non-hydrogen) atoms. The Morgan fingerprint density at radius 1 is 1.47 bits per heavy atom. The van der Waals surface area contributed by atoms with Gasteiger partial charge >= 0.3 is 5.69 Å². The molecule has 0 saturated carbocycles. The van der Waals surface area contributed by atoms with Gasteiger partial charge in [-0.15, -0.1) is 11.3 Å². The molecule has 5 nitrogen and oxygen atoms in total. The van der Waals surface area contributed by atoms with Crippen molar-refractivity contribution in [1.82, 2.24) is 9.55 Å². The lowest BCUT2D eigenvalue weighted by atomic mass is 10.3. The highest BCUT2D eigenvalue weighted by Crippen LogP contribution is 2.20. The van der Waals surface area contributed by atoms with E-state index in [0.717, 1.165) is 9.44 Å². The molecule has 2 rings (SSSR count). The fourth-order valence-electron chi connectivity index (χ4n) is 1.48. The molecule has 6 heteroatoms. The molecule has 2 aromatic heterocycles. The van der Waals surface area contributed by atoms with Crippen LogP contribution in [0.4, 0.5) is 5.82 Å². The molecule has 0 aliphatic rings. The summed E-state index contributed by atoms with van der Waals surface area (Å²) >= 11 is 1.62. The third kappa shape index (κ3) is 2.47. The van der Waals surface area contributed by atoms with Crippen molar-refractivity contribution in [3.8, 4) is 0 Å². The third-order valence-corrected chi connectivity index (χ3v) is 3.54. The van der Waals surface area contributed by atoms with E-state index >= 15 is 0 Å². The van der Waals surface area contributed by atoms with Crippen molar-refractivity contribution in [2.24, 2.45) is 7.05 Å². The van der Waals surface area contributed by atoms with Gasteiger partial charge in [0.1, 0.15) is 5.82 Å². The number of rotatable bonds is 3. The molecule has 90 valence electrons. The fourth-order valence-corrected chi connectivity index (χ4v) is 2.21. The van der Waals surface area contributed by atoms with Crippen LogP contribution in [-0.2, 0) is 7.05 Å². The van der Waals surface area contributed by atoms with Gasteiger partial charge in [-0.05, 0) is 18.4 Å². The summed E-state index contributed by atoms with van der Waals surface area (Å²) in [5.74, 6) is 0.444. The first-order valence-corrected chi connectivity index (χ1v) is 6.06. The third-order valence-electron chi connectivity index (χ3n) is 2.49. The van der Waals surface area contributed by atoms with Gasteiger partial charge in [0.2, 0.25) is 0 Å². The molecule has 2 heterocycles. The van der Waals surface area contributed by atoms with E-state index in [-0.39, 0.29) is 11.6 Å². The van der Waals surface area contributed by atoms with Gasteiger partial charge in [0.15, 0.2) is 0 Å². The van der Waals surface area contributed by atoms with Crippen LogP contribution in [0.25, 0.3) is 0 Å². The topological polar surface area (TPSA) is 66.9 Å². The molecule has 2 N–H and O–H groups in total. The van der Waals surface area contributed by atoms with Crippen molar-refractivity contribution in [2.45, 2.75) is 13.0 Å². The Labute approximate surface area is 102 Å². The highest BCUT2D eigenvalue weighted by atomic mass is 32.1. The minimum absolute atomic E-state index is 0.0535. The van der Waals surface area contributed by atoms with Crippen molar-refractivity contribution in [3.05, 3.63) is 49.3 Å². The zero-order valence-corrected chi connectivity index (χ0v) is 10.4. The maximum Gasteiger partial charge on any atom is 0.329 e. The van der Waals surface area contributed by atoms with Crippen molar-refractivity contribution < 1.29 is 0 Å². The molecule has 0 spiro atoms. The molecule has 0 radical (unpaired) electrons. The second kappa shape index (κ2) is 4.58. The van der Waals surface area contributed by atoms with Gasteiger partial charge in [0.25, 0.3) is 5.56 Å². The zero-order valence-electron chi connectivity index (χ0n) is 9.56. The number of anilines is 1. The average molecular weight is 251 g/mol. The molecule has 0 fully saturated rings. The predicted octanol–water partition coefficient (Wildman–Crippen LogP) is 1.31. The fraction of sp³-hybridized carbons (Fsp3) is 0.273. The number of aromatic nitrogens is 2. The van der Waals surface area contributed by atoms with Crippen LogP contribution in [0, 0.1) is 0 Å². The summed E-state index contributed by atoms with van der Waals surface area (Å²) in [5, 5.41) is 5.08. The summed E-state index contributed by atoms with van der Waals surface area (Å²) in [6.45, 7) is 1.97. The Kier molecular flexibility index (Phi) is 3.14. The minimum Gasteiger partial charge on any atom is -0.364 e. The van der Waals surface area contributed by atoms with E-state index in [1.54, 1.807) is 11.3 Å². The number of H-pyrrole nitrogens is 1. The Hall–Kier alpha value is -1.82. The maximum atomic E-state index is 11.4. The van der Waals surface area contributed by atoms with Crippen molar-refractivity contribution in [2.75, 3.05) is 5.32 Å². The van der Waals surface area contributed by atoms with Crippen molar-refractivity contribution in [3.63, 3.8) is 0 Å². The summed E-state index contributed by atoms with van der Waals surface area (Å²) in [5.41, 5.74) is -0.743. The second-order valence-corrected chi connectivity index (χ2v) is 4.75. The molecule has 2 aromatic rings. The number of hydrogen-bond acceptors (Lipinski definition) is 4. The lowest BCUT2D eigenvalue weighted by molar-refractivity contribution is 0.769. The van der Waals surface area contributed by atoms with Crippen LogP contribution in [0.3, 0.4) is 0 Å². The lowest BCUT2D eigenvalue weighted by Gasteiger charge is -2.13. The van der Waals surface area contributed by atoms with Crippen LogP contribution < -0.4 is 16.6 Å². The molecule has 0 aromatic carbocycles. The summed E-state index contributed by atoms with van der Waals surface area (Å²) in [4.78, 5) is 26.6. The quantitative estimate of drug-likeness (QED) is 0.864. The molecule has 0 amide bonds. The van der Waals surface area contributed by atoms with Gasteiger partial charge in [-0.1, -0.05) is 6.07 Å². The first-order valence-electron chi connectivity index (χ1n) is 5.18. The molecular formula is C11H13N3O2S. The van der Waals surface area contributed by atoms with Gasteiger partial charge in [-0.2, -0.15) is 0 Å². The molecule has 1 atom stereocenters. The standard InChI is InChI=1S/C11H13N3O2S/c1-7(8-4-3-5-17-8)12-9-6-10(15)14(2)11(16)13-9/h3-7,12H,1-2H3,(H,13,16)/t7-/m0/s1. The van der Waals surface area contributed by atoms with E-state index in [9.17, 15) is 9.59 Å². The highest BCUT2D eigenvalue weighted by molar-refractivity contribution is 7.10. The lowest BCUT2D eigenvalue weighted by Crippen LogP contribution is -2.32. The van der Waals surface area contributed by atoms with Gasteiger partial charge in [0, 0.05) is 18.0 Å². The molecule has 0 bridgehead atoms. The Morgan fingerprint density at radius 2 is 2.24 bits per heavy atom. The normalized spacial score (nSPS) is 12.4.